The van der Waals surface area contributed by atoms with Gasteiger partial charge >= 0.3 is 0 Å². The first kappa shape index (κ1) is 15.3. The van der Waals surface area contributed by atoms with E-state index in [1.54, 1.807) is 0 Å². The van der Waals surface area contributed by atoms with Crippen LogP contribution >= 0.6 is 0 Å². The predicted octanol–water partition coefficient (Wildman–Crippen LogP) is 2.49. The molecular formula is C16H23N5. The summed E-state index contributed by atoms with van der Waals surface area (Å²) < 4.78 is 0. The number of benzene rings is 1. The third kappa shape index (κ3) is 4.43. The summed E-state index contributed by atoms with van der Waals surface area (Å²) in [6, 6.07) is 8.28. The summed E-state index contributed by atoms with van der Waals surface area (Å²) in [5, 5.41) is 3.27. The number of unbranched alkanes of at least 4 members (excludes halogenated alkanes) is 1. The fourth-order valence-electron chi connectivity index (χ4n) is 2.31. The molecule has 0 bridgehead atoms. The maximum Gasteiger partial charge on any atom is 0.222 e. The van der Waals surface area contributed by atoms with Crippen molar-refractivity contribution in [3.8, 4) is 11.3 Å². The molecule has 0 spiro atoms. The molecule has 0 saturated carbocycles. The number of anilines is 2. The van der Waals surface area contributed by atoms with Crippen LogP contribution in [0.25, 0.3) is 11.3 Å². The second kappa shape index (κ2) is 7.04. The van der Waals surface area contributed by atoms with Gasteiger partial charge in [0.2, 0.25) is 5.95 Å². The van der Waals surface area contributed by atoms with E-state index in [2.05, 4.69) is 47.3 Å². The molecule has 21 heavy (non-hydrogen) atoms. The van der Waals surface area contributed by atoms with Crippen LogP contribution in [0.15, 0.2) is 24.3 Å². The highest BCUT2D eigenvalue weighted by atomic mass is 15.1. The molecule has 0 amide bonds. The monoisotopic (exact) mass is 285 g/mol. The average molecular weight is 285 g/mol. The molecule has 1 heterocycles. The lowest BCUT2D eigenvalue weighted by Gasteiger charge is -2.09. The SMILES string of the molecule is Cc1cc(C)cc(-c2cc(NCCCCN)nc(N)n2)c1. The van der Waals surface area contributed by atoms with Crippen LogP contribution in [0.1, 0.15) is 24.0 Å². The smallest absolute Gasteiger partial charge is 0.222 e. The van der Waals surface area contributed by atoms with Crippen LogP contribution in [0, 0.1) is 13.8 Å². The van der Waals surface area contributed by atoms with Gasteiger partial charge in [0.1, 0.15) is 5.82 Å². The van der Waals surface area contributed by atoms with Crippen LogP contribution in [-0.2, 0) is 0 Å². The van der Waals surface area contributed by atoms with E-state index in [1.165, 1.54) is 11.1 Å². The van der Waals surface area contributed by atoms with E-state index in [4.69, 9.17) is 11.5 Å². The van der Waals surface area contributed by atoms with Crippen LogP contribution in [0.4, 0.5) is 11.8 Å². The molecule has 0 unspecified atom stereocenters. The average Bonchev–Trinajstić information content (AvgIpc) is 2.42. The van der Waals surface area contributed by atoms with E-state index in [-0.39, 0.29) is 5.95 Å². The van der Waals surface area contributed by atoms with Gasteiger partial charge < -0.3 is 16.8 Å². The van der Waals surface area contributed by atoms with Crippen molar-refractivity contribution in [1.82, 2.24) is 9.97 Å². The lowest BCUT2D eigenvalue weighted by molar-refractivity contribution is 0.772. The minimum absolute atomic E-state index is 0.285. The van der Waals surface area contributed by atoms with Crippen LogP contribution < -0.4 is 16.8 Å². The van der Waals surface area contributed by atoms with Crippen molar-refractivity contribution in [3.05, 3.63) is 35.4 Å². The Hall–Kier alpha value is -2.14. The Labute approximate surface area is 125 Å². The summed E-state index contributed by atoms with van der Waals surface area (Å²) in [4.78, 5) is 8.56. The van der Waals surface area contributed by atoms with Gasteiger partial charge in [-0.05, 0) is 45.4 Å². The number of nitrogens with one attached hydrogen (secondary N) is 1. The summed E-state index contributed by atoms with van der Waals surface area (Å²) >= 11 is 0. The van der Waals surface area contributed by atoms with E-state index in [9.17, 15) is 0 Å². The van der Waals surface area contributed by atoms with Crippen molar-refractivity contribution in [2.24, 2.45) is 5.73 Å². The lowest BCUT2D eigenvalue weighted by Crippen LogP contribution is -2.08. The molecular weight excluding hydrogens is 262 g/mol. The van der Waals surface area contributed by atoms with Gasteiger partial charge in [-0.1, -0.05) is 17.2 Å². The van der Waals surface area contributed by atoms with Gasteiger partial charge in [-0.25, -0.2) is 4.98 Å². The molecule has 0 fully saturated rings. The normalized spacial score (nSPS) is 10.6. The zero-order valence-electron chi connectivity index (χ0n) is 12.7. The van der Waals surface area contributed by atoms with E-state index < -0.39 is 0 Å². The lowest BCUT2D eigenvalue weighted by atomic mass is 10.0. The first-order chi connectivity index (χ1) is 10.1. The number of aryl methyl sites for hydroxylation is 2. The second-order valence-corrected chi connectivity index (χ2v) is 5.30. The molecule has 2 aromatic rings. The number of hydrogen-bond acceptors (Lipinski definition) is 5. The first-order valence-corrected chi connectivity index (χ1v) is 7.25. The fraction of sp³-hybridized carbons (Fsp3) is 0.375. The largest absolute Gasteiger partial charge is 0.370 e. The van der Waals surface area contributed by atoms with Gasteiger partial charge in [0.25, 0.3) is 0 Å². The van der Waals surface area contributed by atoms with Crippen LogP contribution in [-0.4, -0.2) is 23.1 Å². The highest BCUT2D eigenvalue weighted by molar-refractivity contribution is 5.65. The molecule has 0 saturated heterocycles. The number of nitrogens with two attached hydrogens (primary N) is 2. The minimum atomic E-state index is 0.285. The van der Waals surface area contributed by atoms with E-state index >= 15 is 0 Å². The van der Waals surface area contributed by atoms with E-state index in [0.29, 0.717) is 6.54 Å². The van der Waals surface area contributed by atoms with Crippen LogP contribution in [0.5, 0.6) is 0 Å². The Morgan fingerprint density at radius 2 is 1.71 bits per heavy atom. The molecule has 0 aliphatic heterocycles. The number of rotatable bonds is 6. The van der Waals surface area contributed by atoms with E-state index in [1.807, 2.05) is 6.07 Å². The van der Waals surface area contributed by atoms with E-state index in [0.717, 1.165) is 36.5 Å². The molecule has 2 rings (SSSR count). The van der Waals surface area contributed by atoms with Gasteiger partial charge in [-0.3, -0.25) is 0 Å². The van der Waals surface area contributed by atoms with Crippen molar-refractivity contribution >= 4 is 11.8 Å². The third-order valence-corrected chi connectivity index (χ3v) is 3.20. The van der Waals surface area contributed by atoms with Gasteiger partial charge in [-0.15, -0.1) is 0 Å². The third-order valence-electron chi connectivity index (χ3n) is 3.20. The molecule has 5 heteroatoms. The van der Waals surface area contributed by atoms with Gasteiger partial charge in [0.15, 0.2) is 0 Å². The van der Waals surface area contributed by atoms with Gasteiger partial charge in [-0.2, -0.15) is 4.98 Å². The van der Waals surface area contributed by atoms with Crippen molar-refractivity contribution < 1.29 is 0 Å². The minimum Gasteiger partial charge on any atom is -0.370 e. The quantitative estimate of drug-likeness (QED) is 0.709. The summed E-state index contributed by atoms with van der Waals surface area (Å²) in [6.07, 6.45) is 2.01. The molecule has 5 nitrogen and oxygen atoms in total. The Morgan fingerprint density at radius 1 is 1.00 bits per heavy atom. The molecule has 0 atom stereocenters. The molecule has 0 radical (unpaired) electrons. The van der Waals surface area contributed by atoms with Crippen molar-refractivity contribution in [3.63, 3.8) is 0 Å². The molecule has 5 N–H and O–H groups in total. The van der Waals surface area contributed by atoms with Crippen molar-refractivity contribution in [1.29, 1.82) is 0 Å². The van der Waals surface area contributed by atoms with Gasteiger partial charge in [0, 0.05) is 18.2 Å². The molecule has 0 aliphatic rings. The molecule has 1 aromatic carbocycles. The Morgan fingerprint density at radius 3 is 2.38 bits per heavy atom. The Kier molecular flexibility index (Phi) is 5.11. The summed E-state index contributed by atoms with van der Waals surface area (Å²) in [7, 11) is 0. The maximum absolute atomic E-state index is 5.82. The first-order valence-electron chi connectivity index (χ1n) is 7.25. The Balaban J connectivity index is 2.21. The van der Waals surface area contributed by atoms with Gasteiger partial charge in [0.05, 0.1) is 5.69 Å². The fourth-order valence-corrected chi connectivity index (χ4v) is 2.31. The highest BCUT2D eigenvalue weighted by Gasteiger charge is 2.06. The number of hydrogen-bond donors (Lipinski definition) is 3. The van der Waals surface area contributed by atoms with Crippen LogP contribution in [0.2, 0.25) is 0 Å². The molecule has 0 aliphatic carbocycles. The number of nitrogens with zero attached hydrogens (tertiary/aromatic N) is 2. The van der Waals surface area contributed by atoms with Crippen molar-refractivity contribution in [2.75, 3.05) is 24.1 Å². The predicted molar refractivity (Wildman–Crippen MR) is 88.1 cm³/mol. The summed E-state index contributed by atoms with van der Waals surface area (Å²) in [6.45, 7) is 5.70. The summed E-state index contributed by atoms with van der Waals surface area (Å²) in [5.41, 5.74) is 15.6. The zero-order valence-corrected chi connectivity index (χ0v) is 12.7. The zero-order chi connectivity index (χ0) is 15.2. The topological polar surface area (TPSA) is 89.8 Å². The number of aromatic nitrogens is 2. The summed E-state index contributed by atoms with van der Waals surface area (Å²) in [5.74, 6) is 1.04. The molecule has 1 aromatic heterocycles. The highest BCUT2D eigenvalue weighted by Crippen LogP contribution is 2.23. The molecule has 112 valence electrons. The Bertz CT molecular complexity index is 589. The standard InChI is InChI=1S/C16H23N5/c1-11-7-12(2)9-13(8-11)14-10-15(21-16(18)20-14)19-6-4-3-5-17/h7-10H,3-6,17H2,1-2H3,(H3,18,19,20,21). The number of nitrogen functional groups attached to an aromatic ring is 1. The van der Waals surface area contributed by atoms with Crippen LogP contribution in [0.3, 0.4) is 0 Å². The van der Waals surface area contributed by atoms with Crippen molar-refractivity contribution in [2.45, 2.75) is 26.7 Å². The second-order valence-electron chi connectivity index (χ2n) is 5.30. The maximum atomic E-state index is 5.82.